The van der Waals surface area contributed by atoms with E-state index < -0.39 is 5.60 Å². The molecule has 4 heteroatoms. The minimum Gasteiger partial charge on any atom is -0.496 e. The van der Waals surface area contributed by atoms with Gasteiger partial charge >= 0.3 is 0 Å². The maximum atomic E-state index is 10.7. The molecule has 0 aliphatic carbocycles. The number of benzene rings is 1. The van der Waals surface area contributed by atoms with E-state index in [2.05, 4.69) is 15.9 Å². The number of hydrogen-bond donors (Lipinski definition) is 1. The molecule has 0 aliphatic heterocycles. The van der Waals surface area contributed by atoms with E-state index in [1.807, 2.05) is 43.3 Å². The summed E-state index contributed by atoms with van der Waals surface area (Å²) in [5.41, 5.74) is -0.117. The zero-order chi connectivity index (χ0) is 13.2. The first-order chi connectivity index (χ1) is 8.53. The van der Waals surface area contributed by atoms with Crippen LogP contribution >= 0.6 is 27.3 Å². The number of rotatable bonds is 4. The molecule has 0 amide bonds. The molecule has 1 unspecified atom stereocenters. The van der Waals surface area contributed by atoms with Crippen LogP contribution in [0.4, 0.5) is 0 Å². The summed E-state index contributed by atoms with van der Waals surface area (Å²) in [6, 6.07) is 11.6. The van der Waals surface area contributed by atoms with E-state index in [1.54, 1.807) is 18.4 Å². The van der Waals surface area contributed by atoms with Crippen LogP contribution in [-0.4, -0.2) is 12.2 Å². The Bertz CT molecular complexity index is 534. The number of para-hydroxylation sites is 1. The van der Waals surface area contributed by atoms with Crippen molar-refractivity contribution in [2.75, 3.05) is 7.11 Å². The summed E-state index contributed by atoms with van der Waals surface area (Å²) in [7, 11) is 1.62. The number of methoxy groups -OCH3 is 1. The van der Waals surface area contributed by atoms with Crippen LogP contribution in [0.2, 0.25) is 0 Å². The van der Waals surface area contributed by atoms with Gasteiger partial charge in [-0.3, -0.25) is 0 Å². The van der Waals surface area contributed by atoms with E-state index in [1.165, 1.54) is 0 Å². The molecule has 1 heterocycles. The molecule has 2 nitrogen and oxygen atoms in total. The zero-order valence-electron chi connectivity index (χ0n) is 10.3. The van der Waals surface area contributed by atoms with Crippen molar-refractivity contribution in [1.82, 2.24) is 0 Å². The summed E-state index contributed by atoms with van der Waals surface area (Å²) in [5.74, 6) is 0.720. The lowest BCUT2D eigenvalue weighted by atomic mass is 9.91. The van der Waals surface area contributed by atoms with Crippen LogP contribution in [0.1, 0.15) is 17.4 Å². The zero-order valence-corrected chi connectivity index (χ0v) is 12.7. The second kappa shape index (κ2) is 5.43. The van der Waals surface area contributed by atoms with Crippen molar-refractivity contribution in [3.05, 3.63) is 50.6 Å². The predicted octanol–water partition coefficient (Wildman–Crippen LogP) is 3.97. The van der Waals surface area contributed by atoms with Gasteiger partial charge in [-0.15, -0.1) is 11.3 Å². The lowest BCUT2D eigenvalue weighted by Gasteiger charge is -2.25. The van der Waals surface area contributed by atoms with Crippen LogP contribution in [0.15, 0.2) is 40.2 Å². The molecule has 0 saturated carbocycles. The molecule has 0 bridgehead atoms. The third-order valence-electron chi connectivity index (χ3n) is 2.83. The second-order valence-electron chi connectivity index (χ2n) is 4.36. The Morgan fingerprint density at radius 2 is 2.00 bits per heavy atom. The summed E-state index contributed by atoms with van der Waals surface area (Å²) < 4.78 is 6.39. The molecular formula is C14H15BrO2S. The first kappa shape index (κ1) is 13.6. The molecule has 2 aromatic rings. The number of ether oxygens (including phenoxy) is 1. The molecule has 1 atom stereocenters. The fourth-order valence-electron chi connectivity index (χ4n) is 1.97. The topological polar surface area (TPSA) is 29.5 Å². The Labute approximate surface area is 119 Å². The first-order valence-corrected chi connectivity index (χ1v) is 7.24. The normalized spacial score (nSPS) is 14.2. The van der Waals surface area contributed by atoms with Crippen LogP contribution in [-0.2, 0) is 12.0 Å². The van der Waals surface area contributed by atoms with Gasteiger partial charge < -0.3 is 9.84 Å². The van der Waals surface area contributed by atoms with Crippen LogP contribution in [0.25, 0.3) is 0 Å². The van der Waals surface area contributed by atoms with Crippen molar-refractivity contribution in [2.45, 2.75) is 18.9 Å². The maximum absolute atomic E-state index is 10.7. The molecule has 0 fully saturated rings. The molecule has 1 N–H and O–H groups in total. The molecule has 18 heavy (non-hydrogen) atoms. The largest absolute Gasteiger partial charge is 0.496 e. The van der Waals surface area contributed by atoms with E-state index in [0.717, 1.165) is 20.0 Å². The highest BCUT2D eigenvalue weighted by molar-refractivity contribution is 9.11. The molecule has 1 aromatic carbocycles. The Balaban J connectivity index is 2.29. The van der Waals surface area contributed by atoms with Crippen molar-refractivity contribution in [3.8, 4) is 5.75 Å². The molecule has 2 rings (SSSR count). The van der Waals surface area contributed by atoms with E-state index in [-0.39, 0.29) is 0 Å². The highest BCUT2D eigenvalue weighted by Gasteiger charge is 2.27. The van der Waals surface area contributed by atoms with Crippen molar-refractivity contribution in [2.24, 2.45) is 0 Å². The van der Waals surface area contributed by atoms with Gasteiger partial charge in [0.1, 0.15) is 5.75 Å². The van der Waals surface area contributed by atoms with Gasteiger partial charge in [0.25, 0.3) is 0 Å². The quantitative estimate of drug-likeness (QED) is 0.921. The highest BCUT2D eigenvalue weighted by atomic mass is 79.9. The van der Waals surface area contributed by atoms with Gasteiger partial charge in [0.15, 0.2) is 0 Å². The lowest BCUT2D eigenvalue weighted by Crippen LogP contribution is -2.24. The summed E-state index contributed by atoms with van der Waals surface area (Å²) in [6.45, 7) is 1.82. The van der Waals surface area contributed by atoms with Gasteiger partial charge in [-0.25, -0.2) is 0 Å². The first-order valence-electron chi connectivity index (χ1n) is 5.63. The van der Waals surface area contributed by atoms with Gasteiger partial charge in [0.05, 0.1) is 16.5 Å². The smallest absolute Gasteiger partial charge is 0.124 e. The Morgan fingerprint density at radius 3 is 2.61 bits per heavy atom. The van der Waals surface area contributed by atoms with Crippen LogP contribution in [0.5, 0.6) is 5.75 Å². The van der Waals surface area contributed by atoms with E-state index in [4.69, 9.17) is 4.74 Å². The molecule has 0 aliphatic rings. The fraction of sp³-hybridized carbons (Fsp3) is 0.286. The van der Waals surface area contributed by atoms with E-state index in [0.29, 0.717) is 6.42 Å². The van der Waals surface area contributed by atoms with Gasteiger partial charge in [0, 0.05) is 16.9 Å². The summed E-state index contributed by atoms with van der Waals surface area (Å²) in [4.78, 5) is 1.14. The minimum atomic E-state index is -0.934. The van der Waals surface area contributed by atoms with Crippen molar-refractivity contribution in [3.63, 3.8) is 0 Å². The summed E-state index contributed by atoms with van der Waals surface area (Å²) >= 11 is 5.07. The number of thiophene rings is 1. The third-order valence-corrected chi connectivity index (χ3v) is 4.46. The molecule has 0 saturated heterocycles. The summed E-state index contributed by atoms with van der Waals surface area (Å²) in [6.07, 6.45) is 0.573. The maximum Gasteiger partial charge on any atom is 0.124 e. The van der Waals surface area contributed by atoms with Crippen molar-refractivity contribution >= 4 is 27.3 Å². The van der Waals surface area contributed by atoms with Gasteiger partial charge in [-0.2, -0.15) is 0 Å². The fourth-order valence-corrected chi connectivity index (χ4v) is 3.60. The van der Waals surface area contributed by atoms with E-state index >= 15 is 0 Å². The standard InChI is InChI=1S/C14H15BrO2S/c1-14(16,9-10-7-8-13(15)18-10)11-5-3-4-6-12(11)17-2/h3-8,16H,9H2,1-2H3. The average molecular weight is 327 g/mol. The average Bonchev–Trinajstić information content (AvgIpc) is 2.74. The molecular weight excluding hydrogens is 312 g/mol. The SMILES string of the molecule is COc1ccccc1C(C)(O)Cc1ccc(Br)s1. The lowest BCUT2D eigenvalue weighted by molar-refractivity contribution is 0.0558. The van der Waals surface area contributed by atoms with Crippen LogP contribution in [0.3, 0.4) is 0 Å². The highest BCUT2D eigenvalue weighted by Crippen LogP contribution is 2.34. The van der Waals surface area contributed by atoms with Crippen LogP contribution in [0, 0.1) is 0 Å². The Kier molecular flexibility index (Phi) is 4.10. The number of hydrogen-bond acceptors (Lipinski definition) is 3. The van der Waals surface area contributed by atoms with Crippen LogP contribution < -0.4 is 4.74 Å². The van der Waals surface area contributed by atoms with E-state index in [9.17, 15) is 5.11 Å². The monoisotopic (exact) mass is 326 g/mol. The number of halogens is 1. The van der Waals surface area contributed by atoms with Gasteiger partial charge in [-0.1, -0.05) is 18.2 Å². The van der Waals surface area contributed by atoms with Gasteiger partial charge in [0.2, 0.25) is 0 Å². The van der Waals surface area contributed by atoms with Crippen molar-refractivity contribution < 1.29 is 9.84 Å². The summed E-state index contributed by atoms with van der Waals surface area (Å²) in [5, 5.41) is 10.7. The predicted molar refractivity (Wildman–Crippen MR) is 78.3 cm³/mol. The number of aliphatic hydroxyl groups is 1. The Hall–Kier alpha value is -0.840. The Morgan fingerprint density at radius 1 is 1.28 bits per heavy atom. The van der Waals surface area contributed by atoms with Crippen molar-refractivity contribution in [1.29, 1.82) is 0 Å². The molecule has 0 radical (unpaired) electrons. The molecule has 0 spiro atoms. The third kappa shape index (κ3) is 2.94. The van der Waals surface area contributed by atoms with Gasteiger partial charge in [-0.05, 0) is 41.1 Å². The minimum absolute atomic E-state index is 0.573. The molecule has 1 aromatic heterocycles. The molecule has 96 valence electrons. The second-order valence-corrected chi connectivity index (χ2v) is 6.90.